The van der Waals surface area contributed by atoms with E-state index in [2.05, 4.69) is 16.3 Å². The van der Waals surface area contributed by atoms with Crippen molar-refractivity contribution in [3.05, 3.63) is 35.1 Å². The van der Waals surface area contributed by atoms with Gasteiger partial charge in [-0.1, -0.05) is 12.1 Å². The van der Waals surface area contributed by atoms with Gasteiger partial charge in [0.25, 0.3) is 0 Å². The maximum absolute atomic E-state index is 13.7. The Morgan fingerprint density at radius 2 is 2.15 bits per heavy atom. The lowest BCUT2D eigenvalue weighted by Gasteiger charge is -2.30. The molecule has 1 unspecified atom stereocenters. The van der Waals surface area contributed by atoms with Gasteiger partial charge in [-0.15, -0.1) is 0 Å². The van der Waals surface area contributed by atoms with Crippen molar-refractivity contribution in [2.24, 2.45) is 5.92 Å². The van der Waals surface area contributed by atoms with E-state index >= 15 is 0 Å². The molecule has 1 aliphatic heterocycles. The molecule has 1 atom stereocenters. The van der Waals surface area contributed by atoms with Gasteiger partial charge < -0.3 is 5.32 Å². The summed E-state index contributed by atoms with van der Waals surface area (Å²) in [4.78, 5) is 2.57. The van der Waals surface area contributed by atoms with E-state index in [1.54, 1.807) is 6.07 Å². The molecular weight excluding hydrogens is 251 g/mol. The molecule has 0 amide bonds. The second-order valence-corrected chi connectivity index (χ2v) is 6.46. The van der Waals surface area contributed by atoms with Gasteiger partial charge in [0.15, 0.2) is 0 Å². The molecule has 2 nitrogen and oxygen atoms in total. The molecule has 2 fully saturated rings. The van der Waals surface area contributed by atoms with E-state index in [-0.39, 0.29) is 5.82 Å². The molecule has 110 valence electrons. The first-order valence-corrected chi connectivity index (χ1v) is 7.92. The maximum atomic E-state index is 13.7. The van der Waals surface area contributed by atoms with Crippen LogP contribution >= 0.6 is 0 Å². The molecule has 1 N–H and O–H groups in total. The van der Waals surface area contributed by atoms with E-state index in [4.69, 9.17) is 0 Å². The van der Waals surface area contributed by atoms with Crippen LogP contribution in [0.25, 0.3) is 0 Å². The van der Waals surface area contributed by atoms with Gasteiger partial charge in [0, 0.05) is 19.1 Å². The normalized spacial score (nSPS) is 23.2. The second kappa shape index (κ2) is 6.23. The van der Waals surface area contributed by atoms with E-state index in [1.165, 1.54) is 32.2 Å². The number of hydrogen-bond donors (Lipinski definition) is 1. The standard InChI is InChI=1S/C17H25FN2/c1-13-4-5-14(9-17(13)18)11-20(16-6-7-16)12-15-3-2-8-19-10-15/h4-5,9,15-16,19H,2-3,6-8,10-12H2,1H3. The third-order valence-electron chi connectivity index (χ3n) is 4.58. The van der Waals surface area contributed by atoms with Gasteiger partial charge in [-0.05, 0) is 68.8 Å². The molecule has 0 bridgehead atoms. The summed E-state index contributed by atoms with van der Waals surface area (Å²) in [5, 5.41) is 3.49. The predicted molar refractivity (Wildman–Crippen MR) is 80.2 cm³/mol. The van der Waals surface area contributed by atoms with Crippen molar-refractivity contribution in [3.63, 3.8) is 0 Å². The first kappa shape index (κ1) is 14.0. The highest BCUT2D eigenvalue weighted by molar-refractivity contribution is 5.23. The lowest BCUT2D eigenvalue weighted by atomic mass is 9.98. The molecule has 3 rings (SSSR count). The van der Waals surface area contributed by atoms with Gasteiger partial charge in [-0.25, -0.2) is 4.39 Å². The van der Waals surface area contributed by atoms with Crippen LogP contribution in [0, 0.1) is 18.7 Å². The highest BCUT2D eigenvalue weighted by Crippen LogP contribution is 2.30. The lowest BCUT2D eigenvalue weighted by molar-refractivity contribution is 0.192. The maximum Gasteiger partial charge on any atom is 0.126 e. The van der Waals surface area contributed by atoms with E-state index < -0.39 is 0 Å². The first-order valence-electron chi connectivity index (χ1n) is 7.92. The van der Waals surface area contributed by atoms with Crippen LogP contribution in [0.15, 0.2) is 18.2 Å². The third kappa shape index (κ3) is 3.58. The molecule has 20 heavy (non-hydrogen) atoms. The highest BCUT2D eigenvalue weighted by Gasteiger charge is 2.30. The van der Waals surface area contributed by atoms with Crippen LogP contribution in [0.4, 0.5) is 4.39 Å². The van der Waals surface area contributed by atoms with Gasteiger partial charge in [0.2, 0.25) is 0 Å². The topological polar surface area (TPSA) is 15.3 Å². The van der Waals surface area contributed by atoms with Gasteiger partial charge in [0.1, 0.15) is 5.82 Å². The fraction of sp³-hybridized carbons (Fsp3) is 0.647. The third-order valence-corrected chi connectivity index (χ3v) is 4.58. The van der Waals surface area contributed by atoms with Gasteiger partial charge in [-0.3, -0.25) is 4.90 Å². The zero-order valence-corrected chi connectivity index (χ0v) is 12.4. The van der Waals surface area contributed by atoms with Crippen molar-refractivity contribution in [2.75, 3.05) is 19.6 Å². The number of rotatable bonds is 5. The Morgan fingerprint density at radius 3 is 2.80 bits per heavy atom. The van der Waals surface area contributed by atoms with E-state index in [0.29, 0.717) is 0 Å². The van der Waals surface area contributed by atoms with Crippen LogP contribution < -0.4 is 5.32 Å². The first-order chi connectivity index (χ1) is 9.72. The van der Waals surface area contributed by atoms with Crippen LogP contribution in [0.5, 0.6) is 0 Å². The summed E-state index contributed by atoms with van der Waals surface area (Å²) < 4.78 is 13.7. The number of nitrogens with one attached hydrogen (secondary N) is 1. The van der Waals surface area contributed by atoms with Crippen molar-refractivity contribution >= 4 is 0 Å². The summed E-state index contributed by atoms with van der Waals surface area (Å²) in [5.74, 6) is 0.692. The van der Waals surface area contributed by atoms with Crippen LogP contribution in [0.1, 0.15) is 36.8 Å². The zero-order chi connectivity index (χ0) is 13.9. The van der Waals surface area contributed by atoms with Gasteiger partial charge >= 0.3 is 0 Å². The van der Waals surface area contributed by atoms with Crippen LogP contribution in [0.3, 0.4) is 0 Å². The Hall–Kier alpha value is -0.930. The Morgan fingerprint density at radius 1 is 1.30 bits per heavy atom. The molecule has 1 saturated heterocycles. The number of hydrogen-bond acceptors (Lipinski definition) is 2. The highest BCUT2D eigenvalue weighted by atomic mass is 19.1. The average molecular weight is 276 g/mol. The minimum atomic E-state index is -0.0717. The Kier molecular flexibility index (Phi) is 4.37. The zero-order valence-electron chi connectivity index (χ0n) is 12.4. The molecule has 1 aromatic carbocycles. The summed E-state index contributed by atoms with van der Waals surface area (Å²) in [6.07, 6.45) is 5.25. The minimum Gasteiger partial charge on any atom is -0.316 e. The van der Waals surface area contributed by atoms with Crippen molar-refractivity contribution in [1.29, 1.82) is 0 Å². The SMILES string of the molecule is Cc1ccc(CN(CC2CCCNC2)C2CC2)cc1F. The summed E-state index contributed by atoms with van der Waals surface area (Å²) in [5.41, 5.74) is 1.85. The van der Waals surface area contributed by atoms with Crippen molar-refractivity contribution in [3.8, 4) is 0 Å². The van der Waals surface area contributed by atoms with Crippen molar-refractivity contribution < 1.29 is 4.39 Å². The van der Waals surface area contributed by atoms with Gasteiger partial charge in [0.05, 0.1) is 0 Å². The molecule has 1 heterocycles. The number of nitrogens with zero attached hydrogens (tertiary/aromatic N) is 1. The molecule has 1 aromatic rings. The largest absolute Gasteiger partial charge is 0.316 e. The molecule has 0 radical (unpaired) electrons. The molecule has 1 saturated carbocycles. The Bertz CT molecular complexity index is 450. The Balaban J connectivity index is 1.62. The van der Waals surface area contributed by atoms with Crippen molar-refractivity contribution in [1.82, 2.24) is 10.2 Å². The van der Waals surface area contributed by atoms with Crippen LogP contribution in [-0.2, 0) is 6.54 Å². The molecule has 2 aliphatic rings. The fourth-order valence-electron chi connectivity index (χ4n) is 3.16. The van der Waals surface area contributed by atoms with E-state index in [9.17, 15) is 4.39 Å². The lowest BCUT2D eigenvalue weighted by Crippen LogP contribution is -2.39. The molecule has 0 aromatic heterocycles. The molecule has 1 aliphatic carbocycles. The molecular formula is C17H25FN2. The minimum absolute atomic E-state index is 0.0717. The molecule has 0 spiro atoms. The monoisotopic (exact) mass is 276 g/mol. The van der Waals surface area contributed by atoms with Gasteiger partial charge in [-0.2, -0.15) is 0 Å². The average Bonchev–Trinajstić information content (AvgIpc) is 3.28. The molecule has 3 heteroatoms. The number of halogens is 1. The summed E-state index contributed by atoms with van der Waals surface area (Å²) >= 11 is 0. The smallest absolute Gasteiger partial charge is 0.126 e. The number of piperidine rings is 1. The predicted octanol–water partition coefficient (Wildman–Crippen LogP) is 3.10. The quantitative estimate of drug-likeness (QED) is 0.889. The van der Waals surface area contributed by atoms with Crippen molar-refractivity contribution in [2.45, 2.75) is 45.2 Å². The second-order valence-electron chi connectivity index (χ2n) is 6.46. The Labute approximate surface area is 121 Å². The fourth-order valence-corrected chi connectivity index (χ4v) is 3.16. The number of aryl methyl sites for hydroxylation is 1. The summed E-state index contributed by atoms with van der Waals surface area (Å²) in [6, 6.07) is 6.43. The van der Waals surface area contributed by atoms with Crippen LogP contribution in [-0.4, -0.2) is 30.6 Å². The summed E-state index contributed by atoms with van der Waals surface area (Å²) in [6.45, 7) is 6.20. The van der Waals surface area contributed by atoms with E-state index in [1.807, 2.05) is 13.0 Å². The van der Waals surface area contributed by atoms with Crippen LogP contribution in [0.2, 0.25) is 0 Å². The van der Waals surface area contributed by atoms with E-state index in [0.717, 1.165) is 42.7 Å². The number of benzene rings is 1. The summed E-state index contributed by atoms with van der Waals surface area (Å²) in [7, 11) is 0.